The second-order valence-corrected chi connectivity index (χ2v) is 5.30. The molecule has 4 heteroatoms. The monoisotopic (exact) mass is 241 g/mol. The fraction of sp³-hybridized carbons (Fsp3) is 0.923. The molecule has 0 saturated heterocycles. The van der Waals surface area contributed by atoms with Crippen LogP contribution in [0.15, 0.2) is 0 Å². The van der Waals surface area contributed by atoms with Gasteiger partial charge in [-0.15, -0.1) is 0 Å². The van der Waals surface area contributed by atoms with E-state index in [4.69, 9.17) is 0 Å². The molecule has 0 heterocycles. The van der Waals surface area contributed by atoms with Gasteiger partial charge in [-0.1, -0.05) is 19.3 Å². The van der Waals surface area contributed by atoms with Gasteiger partial charge in [0, 0.05) is 13.1 Å². The summed E-state index contributed by atoms with van der Waals surface area (Å²) in [7, 11) is 4.09. The SMILES string of the molecule is CN(C)CCCNC(=O)NCC1CCCCC1. The van der Waals surface area contributed by atoms with Gasteiger partial charge in [-0.2, -0.15) is 0 Å². The first kappa shape index (κ1) is 14.3. The summed E-state index contributed by atoms with van der Waals surface area (Å²) in [6.45, 7) is 2.62. The van der Waals surface area contributed by atoms with Crippen LogP contribution in [0.25, 0.3) is 0 Å². The quantitative estimate of drug-likeness (QED) is 0.697. The van der Waals surface area contributed by atoms with Gasteiger partial charge in [-0.3, -0.25) is 0 Å². The van der Waals surface area contributed by atoms with E-state index in [0.717, 1.165) is 26.1 Å². The predicted octanol–water partition coefficient (Wildman–Crippen LogP) is 1.82. The van der Waals surface area contributed by atoms with Gasteiger partial charge in [0.2, 0.25) is 0 Å². The molecule has 0 radical (unpaired) electrons. The van der Waals surface area contributed by atoms with Crippen molar-refractivity contribution in [3.05, 3.63) is 0 Å². The maximum absolute atomic E-state index is 11.5. The lowest BCUT2D eigenvalue weighted by molar-refractivity contribution is 0.235. The molecule has 1 fully saturated rings. The first-order valence-electron chi connectivity index (χ1n) is 6.85. The Kier molecular flexibility index (Phi) is 7.01. The Labute approximate surface area is 105 Å². The van der Waals surface area contributed by atoms with Gasteiger partial charge in [0.05, 0.1) is 0 Å². The molecule has 1 rings (SSSR count). The molecule has 2 N–H and O–H groups in total. The van der Waals surface area contributed by atoms with Gasteiger partial charge >= 0.3 is 6.03 Å². The summed E-state index contributed by atoms with van der Waals surface area (Å²) in [5.74, 6) is 0.705. The van der Waals surface area contributed by atoms with Crippen LogP contribution in [0.1, 0.15) is 38.5 Å². The van der Waals surface area contributed by atoms with Crippen molar-refractivity contribution in [3.63, 3.8) is 0 Å². The van der Waals surface area contributed by atoms with Gasteiger partial charge in [-0.25, -0.2) is 4.79 Å². The van der Waals surface area contributed by atoms with Gasteiger partial charge in [0.1, 0.15) is 0 Å². The molecule has 1 aliphatic carbocycles. The highest BCUT2D eigenvalue weighted by molar-refractivity contribution is 5.73. The molecule has 0 aromatic rings. The number of hydrogen-bond acceptors (Lipinski definition) is 2. The van der Waals surface area contributed by atoms with Crippen LogP contribution in [0.2, 0.25) is 0 Å². The van der Waals surface area contributed by atoms with E-state index in [2.05, 4.69) is 15.5 Å². The molecular weight excluding hydrogens is 214 g/mol. The van der Waals surface area contributed by atoms with Gasteiger partial charge < -0.3 is 15.5 Å². The van der Waals surface area contributed by atoms with Crippen LogP contribution >= 0.6 is 0 Å². The molecule has 0 bridgehead atoms. The summed E-state index contributed by atoms with van der Waals surface area (Å²) in [4.78, 5) is 13.6. The van der Waals surface area contributed by atoms with Crippen LogP contribution in [0, 0.1) is 5.92 Å². The molecule has 1 aliphatic rings. The fourth-order valence-corrected chi connectivity index (χ4v) is 2.29. The number of urea groups is 1. The van der Waals surface area contributed by atoms with E-state index in [1.807, 2.05) is 14.1 Å². The minimum absolute atomic E-state index is 0.00525. The minimum Gasteiger partial charge on any atom is -0.338 e. The highest BCUT2D eigenvalue weighted by atomic mass is 16.2. The third-order valence-electron chi connectivity index (χ3n) is 3.34. The number of rotatable bonds is 6. The van der Waals surface area contributed by atoms with Crippen LogP contribution < -0.4 is 10.6 Å². The number of carbonyl (C=O) groups is 1. The van der Waals surface area contributed by atoms with E-state index in [-0.39, 0.29) is 6.03 Å². The van der Waals surface area contributed by atoms with Crippen molar-refractivity contribution in [1.29, 1.82) is 0 Å². The Morgan fingerprint density at radius 2 is 1.88 bits per heavy atom. The summed E-state index contributed by atoms with van der Waals surface area (Å²) < 4.78 is 0. The van der Waals surface area contributed by atoms with Gasteiger partial charge in [-0.05, 0) is 45.8 Å². The van der Waals surface area contributed by atoms with Crippen LogP contribution in [0.4, 0.5) is 4.79 Å². The maximum Gasteiger partial charge on any atom is 0.314 e. The Morgan fingerprint density at radius 3 is 2.53 bits per heavy atom. The number of nitrogens with one attached hydrogen (secondary N) is 2. The molecule has 0 unspecified atom stereocenters. The number of amides is 2. The molecular formula is C13H27N3O. The zero-order valence-corrected chi connectivity index (χ0v) is 11.3. The Bertz CT molecular complexity index is 213. The molecule has 17 heavy (non-hydrogen) atoms. The Balaban J connectivity index is 1.96. The van der Waals surface area contributed by atoms with Crippen molar-refractivity contribution in [2.45, 2.75) is 38.5 Å². The predicted molar refractivity (Wildman–Crippen MR) is 71.1 cm³/mol. The minimum atomic E-state index is -0.00525. The zero-order chi connectivity index (χ0) is 12.5. The Hall–Kier alpha value is -0.770. The highest BCUT2D eigenvalue weighted by Gasteiger charge is 2.13. The second kappa shape index (κ2) is 8.34. The second-order valence-electron chi connectivity index (χ2n) is 5.30. The summed E-state index contributed by atoms with van der Waals surface area (Å²) in [6, 6.07) is -0.00525. The summed E-state index contributed by atoms with van der Waals surface area (Å²) >= 11 is 0. The van der Waals surface area contributed by atoms with Crippen molar-refractivity contribution in [3.8, 4) is 0 Å². The molecule has 4 nitrogen and oxygen atoms in total. The lowest BCUT2D eigenvalue weighted by atomic mass is 9.89. The molecule has 2 amide bonds. The number of hydrogen-bond donors (Lipinski definition) is 2. The molecule has 100 valence electrons. The molecule has 0 aromatic carbocycles. The van der Waals surface area contributed by atoms with E-state index in [9.17, 15) is 4.79 Å². The number of nitrogens with zero attached hydrogens (tertiary/aromatic N) is 1. The van der Waals surface area contributed by atoms with E-state index >= 15 is 0 Å². The first-order valence-corrected chi connectivity index (χ1v) is 6.85. The fourth-order valence-electron chi connectivity index (χ4n) is 2.29. The van der Waals surface area contributed by atoms with E-state index in [1.165, 1.54) is 32.1 Å². The largest absolute Gasteiger partial charge is 0.338 e. The highest BCUT2D eigenvalue weighted by Crippen LogP contribution is 2.22. The smallest absolute Gasteiger partial charge is 0.314 e. The number of carbonyl (C=O) groups excluding carboxylic acids is 1. The first-order chi connectivity index (χ1) is 8.18. The summed E-state index contributed by atoms with van der Waals surface area (Å²) in [5, 5.41) is 5.88. The molecule has 0 spiro atoms. The van der Waals surface area contributed by atoms with Crippen LogP contribution in [-0.2, 0) is 0 Å². The molecule has 0 atom stereocenters. The topological polar surface area (TPSA) is 44.4 Å². The average molecular weight is 241 g/mol. The van der Waals surface area contributed by atoms with Crippen molar-refractivity contribution in [1.82, 2.24) is 15.5 Å². The third-order valence-corrected chi connectivity index (χ3v) is 3.34. The summed E-state index contributed by atoms with van der Waals surface area (Å²) in [5.41, 5.74) is 0. The average Bonchev–Trinajstić information content (AvgIpc) is 2.33. The Morgan fingerprint density at radius 1 is 1.18 bits per heavy atom. The van der Waals surface area contributed by atoms with E-state index in [1.54, 1.807) is 0 Å². The maximum atomic E-state index is 11.5. The van der Waals surface area contributed by atoms with Gasteiger partial charge in [0.25, 0.3) is 0 Å². The van der Waals surface area contributed by atoms with Crippen LogP contribution in [0.5, 0.6) is 0 Å². The van der Waals surface area contributed by atoms with Crippen molar-refractivity contribution in [2.24, 2.45) is 5.92 Å². The van der Waals surface area contributed by atoms with Crippen molar-refractivity contribution in [2.75, 3.05) is 33.7 Å². The standard InChI is InChI=1S/C13H27N3O/c1-16(2)10-6-9-14-13(17)15-11-12-7-4-3-5-8-12/h12H,3-11H2,1-2H3,(H2,14,15,17). The van der Waals surface area contributed by atoms with E-state index < -0.39 is 0 Å². The molecule has 1 saturated carbocycles. The van der Waals surface area contributed by atoms with Crippen molar-refractivity contribution < 1.29 is 4.79 Å². The summed E-state index contributed by atoms with van der Waals surface area (Å²) in [6.07, 6.45) is 7.59. The molecule has 0 aromatic heterocycles. The van der Waals surface area contributed by atoms with E-state index in [0.29, 0.717) is 5.92 Å². The lowest BCUT2D eigenvalue weighted by Gasteiger charge is -2.21. The van der Waals surface area contributed by atoms with Crippen LogP contribution in [-0.4, -0.2) is 44.7 Å². The zero-order valence-electron chi connectivity index (χ0n) is 11.3. The normalized spacial score (nSPS) is 17.1. The third kappa shape index (κ3) is 7.21. The van der Waals surface area contributed by atoms with Crippen molar-refractivity contribution >= 4 is 6.03 Å². The van der Waals surface area contributed by atoms with Gasteiger partial charge in [0.15, 0.2) is 0 Å². The lowest BCUT2D eigenvalue weighted by Crippen LogP contribution is -2.39. The van der Waals surface area contributed by atoms with Crippen LogP contribution in [0.3, 0.4) is 0 Å². The molecule has 0 aliphatic heterocycles.